The number of rotatable bonds is 6. The zero-order valence-electron chi connectivity index (χ0n) is 10.2. The molecule has 1 atom stereocenters. The molecule has 0 radical (unpaired) electrons. The van der Waals surface area contributed by atoms with E-state index in [0.717, 1.165) is 12.7 Å². The molecule has 0 rings (SSSR count). The van der Waals surface area contributed by atoms with Crippen molar-refractivity contribution >= 4 is 27.3 Å². The van der Waals surface area contributed by atoms with Crippen molar-refractivity contribution < 1.29 is 13.2 Å². The molecular weight excluding hydrogens is 250 g/mol. The van der Waals surface area contributed by atoms with Crippen LogP contribution in [0.15, 0.2) is 0 Å². The minimum Gasteiger partial charge on any atom is -0.354 e. The Morgan fingerprint density at radius 1 is 1.44 bits per heavy atom. The van der Waals surface area contributed by atoms with Gasteiger partial charge in [-0.1, -0.05) is 13.8 Å². The Kier molecular flexibility index (Phi) is 5.76. The van der Waals surface area contributed by atoms with E-state index < -0.39 is 21.0 Å². The van der Waals surface area contributed by atoms with Gasteiger partial charge in [0.1, 0.15) is 5.25 Å². The fourth-order valence-electron chi connectivity index (χ4n) is 1.01. The number of nitrogens with one attached hydrogen (secondary N) is 1. The van der Waals surface area contributed by atoms with Crippen molar-refractivity contribution in [1.29, 1.82) is 0 Å². The lowest BCUT2D eigenvalue weighted by atomic mass is 9.90. The number of hydrogen-bond acceptors (Lipinski definition) is 3. The molecular formula is C10H20ClNO3S. The number of alkyl halides is 1. The minimum atomic E-state index is -3.32. The van der Waals surface area contributed by atoms with Gasteiger partial charge >= 0.3 is 0 Å². The first-order valence-electron chi connectivity index (χ1n) is 5.13. The fourth-order valence-corrected chi connectivity index (χ4v) is 1.99. The van der Waals surface area contributed by atoms with Crippen molar-refractivity contribution in [1.82, 2.24) is 5.32 Å². The van der Waals surface area contributed by atoms with Crippen LogP contribution in [0.4, 0.5) is 0 Å². The minimum absolute atomic E-state index is 0.116. The molecule has 1 unspecified atom stereocenters. The molecule has 0 spiro atoms. The van der Waals surface area contributed by atoms with Gasteiger partial charge in [0.25, 0.3) is 0 Å². The zero-order chi connectivity index (χ0) is 13.0. The van der Waals surface area contributed by atoms with Crippen molar-refractivity contribution in [2.24, 2.45) is 5.41 Å². The third-order valence-corrected chi connectivity index (χ3v) is 4.21. The molecule has 0 aliphatic heterocycles. The summed E-state index contributed by atoms with van der Waals surface area (Å²) in [6.45, 7) is 5.76. The highest BCUT2D eigenvalue weighted by Crippen LogP contribution is 2.19. The largest absolute Gasteiger partial charge is 0.354 e. The number of halogens is 1. The van der Waals surface area contributed by atoms with Gasteiger partial charge in [-0.15, -0.1) is 11.6 Å². The quantitative estimate of drug-likeness (QED) is 0.737. The molecule has 1 amide bonds. The van der Waals surface area contributed by atoms with E-state index in [1.54, 1.807) is 0 Å². The Hall–Kier alpha value is -0.290. The predicted octanol–water partition coefficient (Wildman–Crippen LogP) is 1.19. The standard InChI is InChI=1S/C10H20ClNO3S/c1-8(16(4,14)15)9(13)12-7-10(2,3)5-6-11/h8H,5-7H2,1-4H3,(H,12,13). The topological polar surface area (TPSA) is 63.2 Å². The SMILES string of the molecule is CC(C(=O)NCC(C)(C)CCCl)S(C)(=O)=O. The van der Waals surface area contributed by atoms with Crippen LogP contribution in [0, 0.1) is 5.41 Å². The molecule has 0 saturated heterocycles. The van der Waals surface area contributed by atoms with Crippen LogP contribution in [-0.4, -0.2) is 38.3 Å². The van der Waals surface area contributed by atoms with E-state index in [9.17, 15) is 13.2 Å². The summed E-state index contributed by atoms with van der Waals surface area (Å²) < 4.78 is 22.3. The highest BCUT2D eigenvalue weighted by atomic mass is 35.5. The average molecular weight is 270 g/mol. The van der Waals surface area contributed by atoms with Crippen LogP contribution >= 0.6 is 11.6 Å². The fraction of sp³-hybridized carbons (Fsp3) is 0.900. The molecule has 4 nitrogen and oxygen atoms in total. The average Bonchev–Trinajstić information content (AvgIpc) is 2.11. The van der Waals surface area contributed by atoms with Gasteiger partial charge < -0.3 is 5.32 Å². The third kappa shape index (κ3) is 5.70. The summed E-state index contributed by atoms with van der Waals surface area (Å²) in [7, 11) is -3.32. The molecule has 0 saturated carbocycles. The van der Waals surface area contributed by atoms with Gasteiger partial charge in [-0.2, -0.15) is 0 Å². The third-order valence-electron chi connectivity index (χ3n) is 2.52. The Morgan fingerprint density at radius 3 is 2.31 bits per heavy atom. The van der Waals surface area contributed by atoms with Crippen LogP contribution in [0.5, 0.6) is 0 Å². The molecule has 0 bridgehead atoms. The molecule has 0 fully saturated rings. The van der Waals surface area contributed by atoms with E-state index in [2.05, 4.69) is 5.32 Å². The number of sulfone groups is 1. The summed E-state index contributed by atoms with van der Waals surface area (Å²) in [5.74, 6) is 0.0648. The van der Waals surface area contributed by atoms with Crippen molar-refractivity contribution in [3.8, 4) is 0 Å². The van der Waals surface area contributed by atoms with Crippen molar-refractivity contribution in [2.75, 3.05) is 18.7 Å². The van der Waals surface area contributed by atoms with E-state index >= 15 is 0 Å². The summed E-state index contributed by atoms with van der Waals surface area (Å²) in [6, 6.07) is 0. The summed E-state index contributed by atoms with van der Waals surface area (Å²) in [5.41, 5.74) is -0.116. The van der Waals surface area contributed by atoms with Gasteiger partial charge in [0.15, 0.2) is 9.84 Å². The van der Waals surface area contributed by atoms with Crippen LogP contribution in [0.3, 0.4) is 0 Å². The van der Waals surface area contributed by atoms with Crippen LogP contribution in [0.25, 0.3) is 0 Å². The van der Waals surface area contributed by atoms with Gasteiger partial charge in [0.2, 0.25) is 5.91 Å². The highest BCUT2D eigenvalue weighted by molar-refractivity contribution is 7.92. The monoisotopic (exact) mass is 269 g/mol. The van der Waals surface area contributed by atoms with Crippen molar-refractivity contribution in [3.63, 3.8) is 0 Å². The van der Waals surface area contributed by atoms with E-state index in [0.29, 0.717) is 12.4 Å². The van der Waals surface area contributed by atoms with Crippen LogP contribution < -0.4 is 5.32 Å². The van der Waals surface area contributed by atoms with Gasteiger partial charge in [0, 0.05) is 18.7 Å². The molecule has 0 aliphatic rings. The van der Waals surface area contributed by atoms with E-state index in [-0.39, 0.29) is 5.41 Å². The summed E-state index contributed by atoms with van der Waals surface area (Å²) >= 11 is 5.63. The van der Waals surface area contributed by atoms with Gasteiger partial charge in [-0.3, -0.25) is 4.79 Å². The first-order chi connectivity index (χ1) is 7.10. The molecule has 0 aromatic rings. The molecule has 0 aromatic carbocycles. The molecule has 96 valence electrons. The van der Waals surface area contributed by atoms with Crippen molar-refractivity contribution in [2.45, 2.75) is 32.4 Å². The van der Waals surface area contributed by atoms with Crippen LogP contribution in [0.2, 0.25) is 0 Å². The van der Waals surface area contributed by atoms with E-state index in [4.69, 9.17) is 11.6 Å². The second kappa shape index (κ2) is 5.87. The summed E-state index contributed by atoms with van der Waals surface area (Å²) in [6.07, 6.45) is 1.82. The predicted molar refractivity (Wildman–Crippen MR) is 66.4 cm³/mol. The Balaban J connectivity index is 4.28. The second-order valence-electron chi connectivity index (χ2n) is 4.79. The van der Waals surface area contributed by atoms with Crippen LogP contribution in [-0.2, 0) is 14.6 Å². The Labute approximate surface area is 103 Å². The van der Waals surface area contributed by atoms with Crippen molar-refractivity contribution in [3.05, 3.63) is 0 Å². The summed E-state index contributed by atoms with van der Waals surface area (Å²) in [4.78, 5) is 11.5. The maximum Gasteiger partial charge on any atom is 0.238 e. The molecule has 16 heavy (non-hydrogen) atoms. The van der Waals surface area contributed by atoms with E-state index in [1.807, 2.05) is 13.8 Å². The first kappa shape index (κ1) is 15.7. The number of hydrogen-bond donors (Lipinski definition) is 1. The Morgan fingerprint density at radius 2 is 1.94 bits per heavy atom. The smallest absolute Gasteiger partial charge is 0.238 e. The van der Waals surface area contributed by atoms with E-state index in [1.165, 1.54) is 6.92 Å². The van der Waals surface area contributed by atoms with Gasteiger partial charge in [-0.25, -0.2) is 8.42 Å². The number of amides is 1. The maximum atomic E-state index is 11.5. The molecule has 1 N–H and O–H groups in total. The number of carbonyl (C=O) groups is 1. The van der Waals surface area contributed by atoms with Crippen LogP contribution in [0.1, 0.15) is 27.2 Å². The molecule has 0 aromatic heterocycles. The normalized spacial score (nSPS) is 14.6. The Bertz CT molecular complexity index is 338. The second-order valence-corrected chi connectivity index (χ2v) is 7.54. The van der Waals surface area contributed by atoms with Gasteiger partial charge in [-0.05, 0) is 18.8 Å². The summed E-state index contributed by atoms with van der Waals surface area (Å²) in [5, 5.41) is 1.64. The first-order valence-corrected chi connectivity index (χ1v) is 7.61. The van der Waals surface area contributed by atoms with Gasteiger partial charge in [0.05, 0.1) is 0 Å². The highest BCUT2D eigenvalue weighted by Gasteiger charge is 2.25. The molecule has 0 aliphatic carbocycles. The molecule has 6 heteroatoms. The zero-order valence-corrected chi connectivity index (χ0v) is 11.8. The number of carbonyl (C=O) groups excluding carboxylic acids is 1. The molecule has 0 heterocycles. The lowest BCUT2D eigenvalue weighted by Gasteiger charge is -2.24. The lowest BCUT2D eigenvalue weighted by Crippen LogP contribution is -2.41. The maximum absolute atomic E-state index is 11.5. The lowest BCUT2D eigenvalue weighted by molar-refractivity contribution is -0.120.